The highest BCUT2D eigenvalue weighted by molar-refractivity contribution is 6.10. The van der Waals surface area contributed by atoms with Crippen LogP contribution in [0.1, 0.15) is 54.7 Å². The lowest BCUT2D eigenvalue weighted by molar-refractivity contribution is -0.160. The molecule has 2 heterocycles. The van der Waals surface area contributed by atoms with E-state index in [1.54, 1.807) is 6.20 Å². The van der Waals surface area contributed by atoms with E-state index in [2.05, 4.69) is 6.07 Å². The molecule has 5 rings (SSSR count). The average Bonchev–Trinajstić information content (AvgIpc) is 2.82. The van der Waals surface area contributed by atoms with E-state index in [0.29, 0.717) is 17.7 Å². The van der Waals surface area contributed by atoms with E-state index in [1.807, 2.05) is 71.0 Å². The first-order valence-corrected chi connectivity index (χ1v) is 12.0. The molecule has 0 saturated carbocycles. The number of fused-ring (bicyclic) bond motifs is 1. The minimum Gasteiger partial charge on any atom is -0.493 e. The fraction of sp³-hybridized carbons (Fsp3) is 0.300. The maximum atomic E-state index is 12.6. The lowest BCUT2D eigenvalue weighted by Crippen LogP contribution is -2.28. The highest BCUT2D eigenvalue weighted by Crippen LogP contribution is 2.45. The van der Waals surface area contributed by atoms with Crippen LogP contribution in [0.15, 0.2) is 42.6 Å². The number of carboxylic acids is 1. The molecular formula is C30H28N2O4. The first-order valence-electron chi connectivity index (χ1n) is 12.0. The van der Waals surface area contributed by atoms with Gasteiger partial charge in [-0.15, -0.1) is 0 Å². The van der Waals surface area contributed by atoms with Gasteiger partial charge in [0.05, 0.1) is 23.3 Å². The van der Waals surface area contributed by atoms with Crippen molar-refractivity contribution < 1.29 is 19.4 Å². The monoisotopic (exact) mass is 480 g/mol. The van der Waals surface area contributed by atoms with Crippen LogP contribution in [0.3, 0.4) is 0 Å². The topological polar surface area (TPSA) is 92.4 Å². The molecule has 1 aliphatic heterocycles. The SMILES string of the molecule is Cc1cc2c(C#N)c(C)ccc2c(-c2ccc3c4c(ccnc24)CCO3)c1C(OC(C)(C)C)C(=O)O. The molecule has 0 fully saturated rings. The molecule has 0 saturated heterocycles. The van der Waals surface area contributed by atoms with Crippen molar-refractivity contribution in [2.75, 3.05) is 6.61 Å². The summed E-state index contributed by atoms with van der Waals surface area (Å²) >= 11 is 0. The lowest BCUT2D eigenvalue weighted by Gasteiger charge is -2.29. The Hall–Kier alpha value is -3.95. The molecule has 0 bridgehead atoms. The number of aliphatic carboxylic acids is 1. The Morgan fingerprint density at radius 2 is 1.92 bits per heavy atom. The van der Waals surface area contributed by atoms with E-state index < -0.39 is 17.7 Å². The van der Waals surface area contributed by atoms with Crippen molar-refractivity contribution in [3.05, 3.63) is 70.4 Å². The summed E-state index contributed by atoms with van der Waals surface area (Å²) in [5.41, 5.74) is 5.47. The van der Waals surface area contributed by atoms with E-state index in [9.17, 15) is 15.2 Å². The highest BCUT2D eigenvalue weighted by atomic mass is 16.5. The smallest absolute Gasteiger partial charge is 0.337 e. The third kappa shape index (κ3) is 3.86. The second-order valence-electron chi connectivity index (χ2n) is 10.3. The summed E-state index contributed by atoms with van der Waals surface area (Å²) < 4.78 is 12.1. The number of hydrogen-bond donors (Lipinski definition) is 1. The Labute approximate surface area is 210 Å². The number of aryl methyl sites for hydroxylation is 2. The molecule has 1 aromatic heterocycles. The Morgan fingerprint density at radius 1 is 1.14 bits per heavy atom. The van der Waals surface area contributed by atoms with Crippen LogP contribution >= 0.6 is 0 Å². The number of hydrogen-bond acceptors (Lipinski definition) is 5. The Kier molecular flexibility index (Phi) is 5.69. The Bertz CT molecular complexity index is 1580. The number of benzene rings is 3. The summed E-state index contributed by atoms with van der Waals surface area (Å²) in [7, 11) is 0. The molecule has 36 heavy (non-hydrogen) atoms. The van der Waals surface area contributed by atoms with Gasteiger partial charge in [-0.1, -0.05) is 12.1 Å². The van der Waals surface area contributed by atoms with Crippen molar-refractivity contribution in [2.45, 2.75) is 52.7 Å². The maximum Gasteiger partial charge on any atom is 0.337 e. The van der Waals surface area contributed by atoms with Crippen molar-refractivity contribution in [3.8, 4) is 22.9 Å². The van der Waals surface area contributed by atoms with Gasteiger partial charge >= 0.3 is 5.97 Å². The van der Waals surface area contributed by atoms with Crippen LogP contribution in [0, 0.1) is 25.2 Å². The van der Waals surface area contributed by atoms with Gasteiger partial charge in [0.2, 0.25) is 0 Å². The number of rotatable bonds is 4. The molecule has 0 aliphatic carbocycles. The number of aromatic nitrogens is 1. The minimum absolute atomic E-state index is 0.567. The summed E-state index contributed by atoms with van der Waals surface area (Å²) in [5.74, 6) is -0.295. The van der Waals surface area contributed by atoms with Crippen molar-refractivity contribution in [1.82, 2.24) is 4.98 Å². The van der Waals surface area contributed by atoms with Crippen molar-refractivity contribution in [3.63, 3.8) is 0 Å². The third-order valence-corrected chi connectivity index (χ3v) is 6.69. The van der Waals surface area contributed by atoms with Gasteiger partial charge in [0.25, 0.3) is 0 Å². The second kappa shape index (κ2) is 8.61. The number of carboxylic acid groups (broad SMARTS) is 1. The summed E-state index contributed by atoms with van der Waals surface area (Å²) in [4.78, 5) is 17.4. The fourth-order valence-corrected chi connectivity index (χ4v) is 5.20. The van der Waals surface area contributed by atoms with Crippen LogP contribution in [0.25, 0.3) is 32.8 Å². The molecule has 0 spiro atoms. The highest BCUT2D eigenvalue weighted by Gasteiger charge is 2.33. The quantitative estimate of drug-likeness (QED) is 0.362. The zero-order valence-electron chi connectivity index (χ0n) is 21.1. The lowest BCUT2D eigenvalue weighted by atomic mass is 9.84. The largest absolute Gasteiger partial charge is 0.493 e. The van der Waals surface area contributed by atoms with Gasteiger partial charge in [-0.25, -0.2) is 4.79 Å². The summed E-state index contributed by atoms with van der Waals surface area (Å²) in [6.45, 7) is 9.93. The predicted octanol–water partition coefficient (Wildman–Crippen LogP) is 6.42. The van der Waals surface area contributed by atoms with Crippen molar-refractivity contribution >= 4 is 27.6 Å². The fourth-order valence-electron chi connectivity index (χ4n) is 5.20. The van der Waals surface area contributed by atoms with Crippen LogP contribution in [0.2, 0.25) is 0 Å². The number of nitriles is 1. The molecule has 1 atom stereocenters. The van der Waals surface area contributed by atoms with E-state index in [4.69, 9.17) is 14.5 Å². The van der Waals surface area contributed by atoms with Crippen LogP contribution in [0.4, 0.5) is 0 Å². The van der Waals surface area contributed by atoms with Crippen molar-refractivity contribution in [1.29, 1.82) is 5.26 Å². The van der Waals surface area contributed by atoms with Gasteiger partial charge in [-0.05, 0) is 86.5 Å². The van der Waals surface area contributed by atoms with Gasteiger partial charge in [-0.2, -0.15) is 5.26 Å². The van der Waals surface area contributed by atoms with Gasteiger partial charge < -0.3 is 14.6 Å². The molecule has 6 nitrogen and oxygen atoms in total. The normalized spacial score (nSPS) is 13.9. The summed E-state index contributed by atoms with van der Waals surface area (Å²) in [6.07, 6.45) is 1.36. The van der Waals surface area contributed by atoms with Crippen LogP contribution in [-0.2, 0) is 16.0 Å². The molecule has 1 N–H and O–H groups in total. The average molecular weight is 481 g/mol. The van der Waals surface area contributed by atoms with E-state index in [0.717, 1.165) is 61.7 Å². The van der Waals surface area contributed by atoms with Gasteiger partial charge in [0, 0.05) is 34.5 Å². The van der Waals surface area contributed by atoms with Gasteiger partial charge in [0.1, 0.15) is 11.8 Å². The molecule has 0 radical (unpaired) electrons. The zero-order chi connectivity index (χ0) is 25.8. The molecule has 1 unspecified atom stereocenters. The van der Waals surface area contributed by atoms with Crippen LogP contribution in [0.5, 0.6) is 5.75 Å². The maximum absolute atomic E-state index is 12.6. The number of pyridine rings is 1. The van der Waals surface area contributed by atoms with E-state index >= 15 is 0 Å². The van der Waals surface area contributed by atoms with E-state index in [-0.39, 0.29) is 0 Å². The molecule has 182 valence electrons. The minimum atomic E-state index is -1.21. The predicted molar refractivity (Wildman–Crippen MR) is 139 cm³/mol. The Balaban J connectivity index is 1.96. The third-order valence-electron chi connectivity index (χ3n) is 6.69. The molecule has 4 aromatic rings. The molecule has 0 amide bonds. The van der Waals surface area contributed by atoms with Crippen LogP contribution in [-0.4, -0.2) is 28.3 Å². The Morgan fingerprint density at radius 3 is 2.61 bits per heavy atom. The van der Waals surface area contributed by atoms with Gasteiger partial charge in [-0.3, -0.25) is 4.98 Å². The number of carbonyl (C=O) groups is 1. The first-order chi connectivity index (χ1) is 17.1. The van der Waals surface area contributed by atoms with Crippen LogP contribution < -0.4 is 4.74 Å². The molecule has 3 aromatic carbocycles. The standard InChI is InChI=1S/C30H28N2O4/c1-16-6-7-19-21(22(16)15-31)14-17(2)24(28(29(33)34)36-30(3,4)5)26(19)20-8-9-23-25-18(11-13-35-23)10-12-32-27(20)25/h6-10,12,14,28H,11,13H2,1-5H3,(H,33,34). The molecular weight excluding hydrogens is 452 g/mol. The number of ether oxygens (including phenoxy) is 2. The van der Waals surface area contributed by atoms with Crippen molar-refractivity contribution in [2.24, 2.45) is 0 Å². The molecule has 1 aliphatic rings. The van der Waals surface area contributed by atoms with E-state index in [1.165, 1.54) is 0 Å². The number of nitrogens with zero attached hydrogens (tertiary/aromatic N) is 2. The second-order valence-corrected chi connectivity index (χ2v) is 10.3. The van der Waals surface area contributed by atoms with Gasteiger partial charge in [0.15, 0.2) is 6.10 Å². The molecule has 6 heteroatoms. The summed E-state index contributed by atoms with van der Waals surface area (Å²) in [5, 5.41) is 22.8. The first kappa shape index (κ1) is 23.8. The summed E-state index contributed by atoms with van der Waals surface area (Å²) in [6, 6.07) is 14.0. The zero-order valence-corrected chi connectivity index (χ0v) is 21.1.